The molecule has 5 heteroatoms. The van der Waals surface area contributed by atoms with Crippen LogP contribution < -0.4 is 15.8 Å². The summed E-state index contributed by atoms with van der Waals surface area (Å²) in [5.74, 6) is 0.385. The molecule has 1 atom stereocenters. The first-order chi connectivity index (χ1) is 11.0. The van der Waals surface area contributed by atoms with Gasteiger partial charge in [-0.25, -0.2) is 0 Å². The molecule has 0 heterocycles. The van der Waals surface area contributed by atoms with Crippen LogP contribution in [-0.2, 0) is 15.1 Å². The van der Waals surface area contributed by atoms with Crippen molar-refractivity contribution in [2.75, 3.05) is 25.6 Å². The number of anilines is 1. The molecular weight excluding hydrogens is 292 g/mol. The lowest BCUT2D eigenvalue weighted by Crippen LogP contribution is -2.45. The number of hydrogen-bond acceptors (Lipinski definition) is 4. The highest BCUT2D eigenvalue weighted by Gasteiger charge is 2.30. The molecule has 0 aliphatic heterocycles. The molecule has 1 amide bonds. The van der Waals surface area contributed by atoms with Crippen molar-refractivity contribution in [3.05, 3.63) is 60.2 Å². The van der Waals surface area contributed by atoms with Gasteiger partial charge in [0.25, 0.3) is 0 Å². The van der Waals surface area contributed by atoms with Crippen LogP contribution in [0.4, 0.5) is 5.69 Å². The summed E-state index contributed by atoms with van der Waals surface area (Å²) in [6.07, 6.45) is 0. The van der Waals surface area contributed by atoms with Gasteiger partial charge in [-0.05, 0) is 24.6 Å². The smallest absolute Gasteiger partial charge is 0.248 e. The summed E-state index contributed by atoms with van der Waals surface area (Å²) in [5, 5.41) is 2.84. The van der Waals surface area contributed by atoms with E-state index in [4.69, 9.17) is 15.2 Å². The number of carbonyl (C=O) groups is 1. The first-order valence-corrected chi connectivity index (χ1v) is 7.41. The number of rotatable bonds is 7. The predicted molar refractivity (Wildman–Crippen MR) is 90.4 cm³/mol. The number of methoxy groups -OCH3 is 1. The Hall–Kier alpha value is -2.37. The maximum absolute atomic E-state index is 12.5. The summed E-state index contributed by atoms with van der Waals surface area (Å²) in [6.45, 7) is 2.65. The van der Waals surface area contributed by atoms with Crippen molar-refractivity contribution in [3.63, 3.8) is 0 Å². The third kappa shape index (κ3) is 4.55. The van der Waals surface area contributed by atoms with Gasteiger partial charge in [-0.2, -0.15) is 0 Å². The molecule has 0 spiro atoms. The first kappa shape index (κ1) is 17.0. The molecule has 2 aromatic carbocycles. The number of nitrogens with two attached hydrogens (primary N) is 1. The molecule has 0 aliphatic rings. The molecule has 0 fully saturated rings. The molecule has 23 heavy (non-hydrogen) atoms. The third-order valence-corrected chi connectivity index (χ3v) is 3.49. The molecule has 0 saturated heterocycles. The Morgan fingerprint density at radius 1 is 1.13 bits per heavy atom. The maximum atomic E-state index is 12.5. The van der Waals surface area contributed by atoms with Crippen molar-refractivity contribution in [3.8, 4) is 5.75 Å². The number of nitrogens with one attached hydrogen (secondary N) is 1. The Morgan fingerprint density at radius 2 is 1.87 bits per heavy atom. The van der Waals surface area contributed by atoms with Gasteiger partial charge >= 0.3 is 0 Å². The number of benzene rings is 2. The van der Waals surface area contributed by atoms with Crippen molar-refractivity contribution in [1.29, 1.82) is 0 Å². The van der Waals surface area contributed by atoms with Gasteiger partial charge in [-0.3, -0.25) is 4.79 Å². The molecule has 0 aromatic heterocycles. The second-order valence-corrected chi connectivity index (χ2v) is 5.39. The number of carbonyl (C=O) groups excluding carboxylic acids is 1. The van der Waals surface area contributed by atoms with Gasteiger partial charge in [0.05, 0.1) is 6.61 Å². The van der Waals surface area contributed by atoms with E-state index < -0.39 is 5.54 Å². The van der Waals surface area contributed by atoms with E-state index in [-0.39, 0.29) is 5.91 Å². The molecule has 0 bridgehead atoms. The Balaban J connectivity index is 2.06. The minimum absolute atomic E-state index is 0.280. The van der Waals surface area contributed by atoms with E-state index in [1.807, 2.05) is 42.5 Å². The number of amides is 1. The van der Waals surface area contributed by atoms with Crippen LogP contribution in [0.3, 0.4) is 0 Å². The minimum Gasteiger partial charge on any atom is -0.491 e. The standard InChI is InChI=1S/C18H22N2O3/c1-18(19,14-7-4-3-5-8-14)17(21)20-15-9-6-10-16(13-15)23-12-11-22-2/h3-10,13H,11-12,19H2,1-2H3,(H,20,21). The quantitative estimate of drug-likeness (QED) is 0.770. The summed E-state index contributed by atoms with van der Waals surface area (Å²) in [5.41, 5.74) is 6.48. The highest BCUT2D eigenvalue weighted by Crippen LogP contribution is 2.22. The second kappa shape index (κ2) is 7.76. The zero-order valence-corrected chi connectivity index (χ0v) is 13.4. The fraction of sp³-hybridized carbons (Fsp3) is 0.278. The topological polar surface area (TPSA) is 73.6 Å². The van der Waals surface area contributed by atoms with Crippen molar-refractivity contribution < 1.29 is 14.3 Å². The van der Waals surface area contributed by atoms with Crippen LogP contribution >= 0.6 is 0 Å². The van der Waals surface area contributed by atoms with Gasteiger partial charge in [-0.15, -0.1) is 0 Å². The Kier molecular flexibility index (Phi) is 5.73. The molecule has 2 rings (SSSR count). The number of ether oxygens (including phenoxy) is 2. The molecule has 122 valence electrons. The fourth-order valence-corrected chi connectivity index (χ4v) is 2.08. The van der Waals surface area contributed by atoms with Crippen LogP contribution in [0.1, 0.15) is 12.5 Å². The molecule has 5 nitrogen and oxygen atoms in total. The monoisotopic (exact) mass is 314 g/mol. The normalized spacial score (nSPS) is 13.2. The highest BCUT2D eigenvalue weighted by atomic mass is 16.5. The van der Waals surface area contributed by atoms with E-state index in [0.717, 1.165) is 5.56 Å². The Bertz CT molecular complexity index is 642. The van der Waals surface area contributed by atoms with Gasteiger partial charge < -0.3 is 20.5 Å². The molecule has 0 saturated carbocycles. The average Bonchev–Trinajstić information content (AvgIpc) is 2.56. The van der Waals surface area contributed by atoms with Crippen LogP contribution in [0, 0.1) is 0 Å². The first-order valence-electron chi connectivity index (χ1n) is 7.41. The summed E-state index contributed by atoms with van der Waals surface area (Å²) >= 11 is 0. The van der Waals surface area contributed by atoms with Crippen molar-refractivity contribution in [1.82, 2.24) is 0 Å². The highest BCUT2D eigenvalue weighted by molar-refractivity contribution is 5.98. The van der Waals surface area contributed by atoms with Crippen molar-refractivity contribution >= 4 is 11.6 Å². The Labute approximate surface area is 136 Å². The third-order valence-electron chi connectivity index (χ3n) is 3.49. The predicted octanol–water partition coefficient (Wildman–Crippen LogP) is 2.52. The summed E-state index contributed by atoms with van der Waals surface area (Å²) in [4.78, 5) is 12.5. The van der Waals surface area contributed by atoms with Gasteiger partial charge in [0.2, 0.25) is 5.91 Å². The van der Waals surface area contributed by atoms with E-state index in [1.54, 1.807) is 26.2 Å². The van der Waals surface area contributed by atoms with Gasteiger partial charge in [-0.1, -0.05) is 36.4 Å². The van der Waals surface area contributed by atoms with Crippen LogP contribution in [0.2, 0.25) is 0 Å². The number of hydrogen-bond donors (Lipinski definition) is 2. The zero-order valence-electron chi connectivity index (χ0n) is 13.4. The second-order valence-electron chi connectivity index (χ2n) is 5.39. The van der Waals surface area contributed by atoms with Crippen molar-refractivity contribution in [2.24, 2.45) is 5.73 Å². The van der Waals surface area contributed by atoms with Crippen molar-refractivity contribution in [2.45, 2.75) is 12.5 Å². The Morgan fingerprint density at radius 3 is 2.57 bits per heavy atom. The van der Waals surface area contributed by atoms with E-state index in [2.05, 4.69) is 5.32 Å². The SMILES string of the molecule is COCCOc1cccc(NC(=O)C(C)(N)c2ccccc2)c1. The average molecular weight is 314 g/mol. The van der Waals surface area contributed by atoms with E-state index in [9.17, 15) is 4.79 Å². The lowest BCUT2D eigenvalue weighted by Gasteiger charge is -2.24. The molecule has 0 radical (unpaired) electrons. The van der Waals surface area contributed by atoms with E-state index in [0.29, 0.717) is 24.7 Å². The van der Waals surface area contributed by atoms with Crippen LogP contribution in [-0.4, -0.2) is 26.2 Å². The molecule has 2 aromatic rings. The summed E-state index contributed by atoms with van der Waals surface area (Å²) < 4.78 is 10.5. The zero-order chi connectivity index (χ0) is 16.7. The largest absolute Gasteiger partial charge is 0.491 e. The summed E-state index contributed by atoms with van der Waals surface area (Å²) in [7, 11) is 1.62. The van der Waals surface area contributed by atoms with E-state index >= 15 is 0 Å². The molecular formula is C18H22N2O3. The maximum Gasteiger partial charge on any atom is 0.248 e. The van der Waals surface area contributed by atoms with Gasteiger partial charge in [0.1, 0.15) is 17.9 Å². The molecule has 3 N–H and O–H groups in total. The van der Waals surface area contributed by atoms with Crippen LogP contribution in [0.5, 0.6) is 5.75 Å². The van der Waals surface area contributed by atoms with Crippen LogP contribution in [0.25, 0.3) is 0 Å². The fourth-order valence-electron chi connectivity index (χ4n) is 2.08. The molecule has 1 unspecified atom stereocenters. The van der Waals surface area contributed by atoms with Gasteiger partial charge in [0, 0.05) is 18.9 Å². The lowest BCUT2D eigenvalue weighted by atomic mass is 9.92. The van der Waals surface area contributed by atoms with E-state index in [1.165, 1.54) is 0 Å². The van der Waals surface area contributed by atoms with Crippen LogP contribution in [0.15, 0.2) is 54.6 Å². The lowest BCUT2D eigenvalue weighted by molar-refractivity contribution is -0.120. The minimum atomic E-state index is -1.12. The van der Waals surface area contributed by atoms with Gasteiger partial charge in [0.15, 0.2) is 0 Å². The summed E-state index contributed by atoms with van der Waals surface area (Å²) in [6, 6.07) is 16.5. The molecule has 0 aliphatic carbocycles.